The molecule has 1 saturated heterocycles. The van der Waals surface area contributed by atoms with Gasteiger partial charge >= 0.3 is 0 Å². The average molecular weight is 275 g/mol. The van der Waals surface area contributed by atoms with Crippen LogP contribution in [0.3, 0.4) is 0 Å². The van der Waals surface area contributed by atoms with Gasteiger partial charge in [0.2, 0.25) is 0 Å². The third kappa shape index (κ3) is 3.49. The maximum Gasteiger partial charge on any atom is 0.123 e. The second kappa shape index (κ2) is 6.23. The Hall–Kier alpha value is -1.60. The van der Waals surface area contributed by atoms with Gasteiger partial charge in [0.25, 0.3) is 0 Å². The standard InChI is InChI=1S/C16H22FN3/c1-16(2,8-3-9-18)20-12-10-19(11-13-20)15-6-4-14(17)5-7-15/h4-7H,3,8,10-13H2,1-2H3. The summed E-state index contributed by atoms with van der Waals surface area (Å²) in [4.78, 5) is 4.74. The van der Waals surface area contributed by atoms with Crippen LogP contribution in [0, 0.1) is 17.1 Å². The maximum atomic E-state index is 12.9. The Morgan fingerprint density at radius 1 is 1.15 bits per heavy atom. The van der Waals surface area contributed by atoms with Crippen molar-refractivity contribution in [2.24, 2.45) is 0 Å². The van der Waals surface area contributed by atoms with Gasteiger partial charge in [-0.1, -0.05) is 0 Å². The van der Waals surface area contributed by atoms with Crippen molar-refractivity contribution in [2.75, 3.05) is 31.1 Å². The van der Waals surface area contributed by atoms with E-state index >= 15 is 0 Å². The van der Waals surface area contributed by atoms with Crippen LogP contribution < -0.4 is 4.90 Å². The molecule has 2 rings (SSSR count). The first-order chi connectivity index (χ1) is 9.53. The molecule has 108 valence electrons. The van der Waals surface area contributed by atoms with Gasteiger partial charge in [-0.3, -0.25) is 4.90 Å². The van der Waals surface area contributed by atoms with Gasteiger partial charge in [-0.25, -0.2) is 4.39 Å². The molecule has 0 unspecified atom stereocenters. The van der Waals surface area contributed by atoms with Crippen LogP contribution in [0.2, 0.25) is 0 Å². The monoisotopic (exact) mass is 275 g/mol. The van der Waals surface area contributed by atoms with Crippen molar-refractivity contribution in [3.63, 3.8) is 0 Å². The van der Waals surface area contributed by atoms with Crippen molar-refractivity contribution in [3.05, 3.63) is 30.1 Å². The zero-order valence-corrected chi connectivity index (χ0v) is 12.3. The molecule has 0 amide bonds. The van der Waals surface area contributed by atoms with Gasteiger partial charge in [0.1, 0.15) is 5.82 Å². The number of halogens is 1. The molecule has 1 aliphatic rings. The lowest BCUT2D eigenvalue weighted by atomic mass is 9.95. The first-order valence-corrected chi connectivity index (χ1v) is 7.15. The molecule has 0 bridgehead atoms. The number of anilines is 1. The lowest BCUT2D eigenvalue weighted by Gasteiger charge is -2.44. The van der Waals surface area contributed by atoms with Gasteiger partial charge in [-0.2, -0.15) is 5.26 Å². The van der Waals surface area contributed by atoms with Crippen molar-refractivity contribution in [1.29, 1.82) is 5.26 Å². The number of hydrogen-bond donors (Lipinski definition) is 0. The Labute approximate surface area is 120 Å². The van der Waals surface area contributed by atoms with Crippen molar-refractivity contribution in [2.45, 2.75) is 32.2 Å². The van der Waals surface area contributed by atoms with E-state index in [-0.39, 0.29) is 11.4 Å². The first-order valence-electron chi connectivity index (χ1n) is 7.15. The molecule has 20 heavy (non-hydrogen) atoms. The van der Waals surface area contributed by atoms with Crippen molar-refractivity contribution in [1.82, 2.24) is 4.90 Å². The number of benzene rings is 1. The van der Waals surface area contributed by atoms with E-state index in [1.165, 1.54) is 12.1 Å². The van der Waals surface area contributed by atoms with Crippen molar-refractivity contribution < 1.29 is 4.39 Å². The summed E-state index contributed by atoms with van der Waals surface area (Å²) in [6.07, 6.45) is 1.51. The highest BCUT2D eigenvalue weighted by Crippen LogP contribution is 2.24. The number of rotatable bonds is 4. The van der Waals surface area contributed by atoms with Crippen LogP contribution in [-0.4, -0.2) is 36.6 Å². The molecule has 0 aliphatic carbocycles. The molecule has 1 heterocycles. The molecule has 1 aromatic carbocycles. The summed E-state index contributed by atoms with van der Waals surface area (Å²) in [6.45, 7) is 8.27. The highest BCUT2D eigenvalue weighted by atomic mass is 19.1. The van der Waals surface area contributed by atoms with E-state index in [9.17, 15) is 4.39 Å². The smallest absolute Gasteiger partial charge is 0.123 e. The third-order valence-corrected chi connectivity index (χ3v) is 4.18. The largest absolute Gasteiger partial charge is 0.369 e. The van der Waals surface area contributed by atoms with E-state index in [1.54, 1.807) is 0 Å². The topological polar surface area (TPSA) is 30.3 Å². The Balaban J connectivity index is 1.92. The van der Waals surface area contributed by atoms with E-state index in [4.69, 9.17) is 5.26 Å². The molecule has 1 aromatic rings. The molecule has 0 saturated carbocycles. The Kier molecular flexibility index (Phi) is 4.61. The maximum absolute atomic E-state index is 12.9. The number of hydrogen-bond acceptors (Lipinski definition) is 3. The number of nitriles is 1. The summed E-state index contributed by atoms with van der Waals surface area (Å²) in [6, 6.07) is 8.93. The minimum absolute atomic E-state index is 0.0740. The molecule has 0 atom stereocenters. The van der Waals surface area contributed by atoms with E-state index in [0.717, 1.165) is 38.3 Å². The molecular weight excluding hydrogens is 253 g/mol. The summed E-state index contributed by atoms with van der Waals surface area (Å²) in [7, 11) is 0. The molecular formula is C16H22FN3. The number of nitrogens with zero attached hydrogens (tertiary/aromatic N) is 3. The van der Waals surface area contributed by atoms with Gasteiger partial charge < -0.3 is 4.90 Å². The fourth-order valence-electron chi connectivity index (χ4n) is 2.74. The predicted octanol–water partition coefficient (Wildman–Crippen LogP) is 3.03. The van der Waals surface area contributed by atoms with Gasteiger partial charge in [0.05, 0.1) is 6.07 Å². The zero-order valence-electron chi connectivity index (χ0n) is 12.3. The van der Waals surface area contributed by atoms with Crippen LogP contribution in [0.5, 0.6) is 0 Å². The third-order valence-electron chi connectivity index (χ3n) is 4.18. The van der Waals surface area contributed by atoms with Gasteiger partial charge in [-0.15, -0.1) is 0 Å². The molecule has 0 aromatic heterocycles. The van der Waals surface area contributed by atoms with E-state index in [1.807, 2.05) is 12.1 Å². The quantitative estimate of drug-likeness (QED) is 0.846. The Bertz CT molecular complexity index is 467. The highest BCUT2D eigenvalue weighted by molar-refractivity contribution is 5.46. The second-order valence-corrected chi connectivity index (χ2v) is 5.92. The molecule has 3 nitrogen and oxygen atoms in total. The van der Waals surface area contributed by atoms with Gasteiger partial charge in [0, 0.05) is 43.8 Å². The molecule has 4 heteroatoms. The van der Waals surface area contributed by atoms with Crippen LogP contribution in [0.4, 0.5) is 10.1 Å². The van der Waals surface area contributed by atoms with Crippen molar-refractivity contribution in [3.8, 4) is 6.07 Å². The van der Waals surface area contributed by atoms with Crippen LogP contribution >= 0.6 is 0 Å². The van der Waals surface area contributed by atoms with Crippen LogP contribution in [0.15, 0.2) is 24.3 Å². The molecule has 0 spiro atoms. The van der Waals surface area contributed by atoms with Crippen LogP contribution in [0.1, 0.15) is 26.7 Å². The van der Waals surface area contributed by atoms with E-state index in [0.29, 0.717) is 6.42 Å². The molecule has 0 N–H and O–H groups in total. The molecule has 0 radical (unpaired) electrons. The summed E-state index contributed by atoms with van der Waals surface area (Å²) in [5, 5.41) is 8.73. The lowest BCUT2D eigenvalue weighted by Crippen LogP contribution is -2.54. The summed E-state index contributed by atoms with van der Waals surface area (Å²) < 4.78 is 12.9. The minimum Gasteiger partial charge on any atom is -0.369 e. The summed E-state index contributed by atoms with van der Waals surface area (Å²) >= 11 is 0. The summed E-state index contributed by atoms with van der Waals surface area (Å²) in [5.74, 6) is -0.190. The van der Waals surface area contributed by atoms with Gasteiger partial charge in [0.15, 0.2) is 0 Å². The zero-order chi connectivity index (χ0) is 14.6. The van der Waals surface area contributed by atoms with E-state index in [2.05, 4.69) is 29.7 Å². The fourth-order valence-corrected chi connectivity index (χ4v) is 2.74. The van der Waals surface area contributed by atoms with Crippen LogP contribution in [0.25, 0.3) is 0 Å². The SMILES string of the molecule is CC(C)(CCC#N)N1CCN(c2ccc(F)cc2)CC1. The Morgan fingerprint density at radius 2 is 1.75 bits per heavy atom. The minimum atomic E-state index is -0.190. The van der Waals surface area contributed by atoms with Crippen LogP contribution in [-0.2, 0) is 0 Å². The summed E-state index contributed by atoms with van der Waals surface area (Å²) in [5.41, 5.74) is 1.16. The van der Waals surface area contributed by atoms with Gasteiger partial charge in [-0.05, 0) is 44.5 Å². The second-order valence-electron chi connectivity index (χ2n) is 5.92. The fraction of sp³-hybridized carbons (Fsp3) is 0.562. The lowest BCUT2D eigenvalue weighted by molar-refractivity contribution is 0.105. The normalized spacial score (nSPS) is 17.0. The first kappa shape index (κ1) is 14.8. The highest BCUT2D eigenvalue weighted by Gasteiger charge is 2.29. The van der Waals surface area contributed by atoms with E-state index < -0.39 is 0 Å². The molecule has 1 aliphatic heterocycles. The average Bonchev–Trinajstić information content (AvgIpc) is 2.46. The van der Waals surface area contributed by atoms with Crippen molar-refractivity contribution >= 4 is 5.69 Å². The molecule has 1 fully saturated rings. The predicted molar refractivity (Wildman–Crippen MR) is 79.1 cm³/mol. The number of piperazine rings is 1. The Morgan fingerprint density at radius 3 is 2.30 bits per heavy atom.